The number of aromatic nitrogens is 4. The van der Waals surface area contributed by atoms with Crippen LogP contribution in [-0.4, -0.2) is 19.5 Å². The van der Waals surface area contributed by atoms with E-state index in [1.807, 2.05) is 22.9 Å². The second-order valence-electron chi connectivity index (χ2n) is 3.65. The molecule has 5 nitrogen and oxygen atoms in total. The van der Waals surface area contributed by atoms with Gasteiger partial charge in [-0.3, -0.25) is 4.57 Å². The zero-order chi connectivity index (χ0) is 12.7. The fraction of sp³-hybridized carbons (Fsp3) is 0. The first kappa shape index (κ1) is 11.4. The third-order valence-corrected chi connectivity index (χ3v) is 3.21. The molecule has 0 aromatic carbocycles. The van der Waals surface area contributed by atoms with Crippen molar-refractivity contribution in [3.8, 4) is 5.82 Å². The Balaban J connectivity index is 2.31. The molecule has 0 amide bonds. The molecule has 0 fully saturated rings. The number of anilines is 1. The summed E-state index contributed by atoms with van der Waals surface area (Å²) >= 11 is 9.44. The third-order valence-electron chi connectivity index (χ3n) is 2.51. The molecule has 0 radical (unpaired) electrons. The standard InChI is InChI=1S/C11H7BrClN5/c12-9-3-8-6(4-15-9)1-2-18(8)10-7(13)5-16-11(14)17-10/h1-5H,(H2,14,16,17). The van der Waals surface area contributed by atoms with Gasteiger partial charge in [0.1, 0.15) is 9.63 Å². The summed E-state index contributed by atoms with van der Waals surface area (Å²) < 4.78 is 2.59. The van der Waals surface area contributed by atoms with Gasteiger partial charge < -0.3 is 5.73 Å². The lowest BCUT2D eigenvalue weighted by Gasteiger charge is -2.06. The molecule has 0 aliphatic heterocycles. The maximum absolute atomic E-state index is 6.10. The van der Waals surface area contributed by atoms with Gasteiger partial charge in [-0.15, -0.1) is 0 Å². The number of nitrogens with two attached hydrogens (primary N) is 1. The van der Waals surface area contributed by atoms with E-state index in [1.54, 1.807) is 6.20 Å². The van der Waals surface area contributed by atoms with Crippen molar-refractivity contribution < 1.29 is 0 Å². The smallest absolute Gasteiger partial charge is 0.222 e. The second-order valence-corrected chi connectivity index (χ2v) is 4.87. The Morgan fingerprint density at radius 2 is 2.11 bits per heavy atom. The summed E-state index contributed by atoms with van der Waals surface area (Å²) in [6.45, 7) is 0. The number of pyridine rings is 1. The highest BCUT2D eigenvalue weighted by atomic mass is 79.9. The molecule has 0 bridgehead atoms. The van der Waals surface area contributed by atoms with Gasteiger partial charge in [-0.25, -0.2) is 9.97 Å². The Kier molecular flexibility index (Phi) is 2.68. The van der Waals surface area contributed by atoms with Crippen LogP contribution in [0.3, 0.4) is 0 Å². The first-order valence-corrected chi connectivity index (χ1v) is 6.23. The zero-order valence-electron chi connectivity index (χ0n) is 9.01. The number of halogens is 2. The topological polar surface area (TPSA) is 69.6 Å². The minimum absolute atomic E-state index is 0.185. The van der Waals surface area contributed by atoms with E-state index in [-0.39, 0.29) is 5.95 Å². The molecule has 2 N–H and O–H groups in total. The van der Waals surface area contributed by atoms with Crippen molar-refractivity contribution >= 4 is 44.4 Å². The Morgan fingerprint density at radius 3 is 2.94 bits per heavy atom. The van der Waals surface area contributed by atoms with Gasteiger partial charge in [0.2, 0.25) is 5.95 Å². The predicted octanol–water partition coefficient (Wildman–Crippen LogP) is 2.81. The number of hydrogen-bond donors (Lipinski definition) is 1. The summed E-state index contributed by atoms with van der Waals surface area (Å²) in [6, 6.07) is 3.83. The monoisotopic (exact) mass is 323 g/mol. The number of hydrogen-bond acceptors (Lipinski definition) is 4. The normalized spacial score (nSPS) is 11.0. The fourth-order valence-electron chi connectivity index (χ4n) is 1.73. The molecule has 3 rings (SSSR count). The molecule has 0 saturated heterocycles. The van der Waals surface area contributed by atoms with Crippen molar-refractivity contribution in [2.24, 2.45) is 0 Å². The second kappa shape index (κ2) is 4.22. The molecule has 0 saturated carbocycles. The predicted molar refractivity (Wildman–Crippen MR) is 73.8 cm³/mol. The first-order valence-electron chi connectivity index (χ1n) is 5.06. The quantitative estimate of drug-likeness (QED) is 0.699. The Labute approximate surface area is 116 Å². The van der Waals surface area contributed by atoms with Crippen LogP contribution in [0.5, 0.6) is 0 Å². The van der Waals surface area contributed by atoms with Crippen LogP contribution in [0, 0.1) is 0 Å². The lowest BCUT2D eigenvalue weighted by atomic mass is 10.3. The van der Waals surface area contributed by atoms with Crippen molar-refractivity contribution in [2.45, 2.75) is 0 Å². The Hall–Kier alpha value is -1.66. The summed E-state index contributed by atoms with van der Waals surface area (Å²) in [5.41, 5.74) is 6.53. The van der Waals surface area contributed by atoms with Gasteiger partial charge in [0.25, 0.3) is 0 Å². The van der Waals surface area contributed by atoms with Crippen molar-refractivity contribution in [3.63, 3.8) is 0 Å². The molecule has 0 aliphatic rings. The molecule has 0 aliphatic carbocycles. The molecular weight excluding hydrogens is 318 g/mol. The van der Waals surface area contributed by atoms with Crippen LogP contribution in [-0.2, 0) is 0 Å². The highest BCUT2D eigenvalue weighted by Gasteiger charge is 2.10. The van der Waals surface area contributed by atoms with E-state index in [0.29, 0.717) is 10.8 Å². The molecule has 18 heavy (non-hydrogen) atoms. The SMILES string of the molecule is Nc1ncc(Cl)c(-n2ccc3cnc(Br)cc32)n1. The van der Waals surface area contributed by atoms with Crippen LogP contribution in [0.2, 0.25) is 5.02 Å². The van der Waals surface area contributed by atoms with E-state index in [9.17, 15) is 0 Å². The molecule has 3 aromatic heterocycles. The van der Waals surface area contributed by atoms with Crippen LogP contribution < -0.4 is 5.73 Å². The number of nitrogens with zero attached hydrogens (tertiary/aromatic N) is 4. The minimum atomic E-state index is 0.185. The number of nitrogen functional groups attached to an aromatic ring is 1. The van der Waals surface area contributed by atoms with E-state index in [4.69, 9.17) is 17.3 Å². The number of fused-ring (bicyclic) bond motifs is 1. The van der Waals surface area contributed by atoms with Gasteiger partial charge in [0.05, 0.1) is 11.7 Å². The van der Waals surface area contributed by atoms with Gasteiger partial charge in [0.15, 0.2) is 5.82 Å². The molecule has 90 valence electrons. The average molecular weight is 325 g/mol. The summed E-state index contributed by atoms with van der Waals surface area (Å²) in [7, 11) is 0. The number of rotatable bonds is 1. The molecular formula is C11H7BrClN5. The van der Waals surface area contributed by atoms with Gasteiger partial charge in [0, 0.05) is 17.8 Å². The lowest BCUT2D eigenvalue weighted by Crippen LogP contribution is -2.02. The van der Waals surface area contributed by atoms with Crippen LogP contribution >= 0.6 is 27.5 Å². The van der Waals surface area contributed by atoms with Crippen molar-refractivity contribution in [2.75, 3.05) is 5.73 Å². The highest BCUT2D eigenvalue weighted by molar-refractivity contribution is 9.10. The summed E-state index contributed by atoms with van der Waals surface area (Å²) in [5.74, 6) is 0.738. The van der Waals surface area contributed by atoms with E-state index < -0.39 is 0 Å². The van der Waals surface area contributed by atoms with Crippen molar-refractivity contribution in [1.29, 1.82) is 0 Å². The summed E-state index contributed by atoms with van der Waals surface area (Å²) in [5, 5.41) is 1.43. The molecule has 3 heterocycles. The molecule has 0 spiro atoms. The van der Waals surface area contributed by atoms with Crippen LogP contribution in [0.25, 0.3) is 16.7 Å². The van der Waals surface area contributed by atoms with Gasteiger partial charge in [-0.05, 0) is 28.1 Å². The van der Waals surface area contributed by atoms with Gasteiger partial charge in [-0.2, -0.15) is 4.98 Å². The molecule has 3 aromatic rings. The summed E-state index contributed by atoms with van der Waals surface area (Å²) in [4.78, 5) is 12.2. The average Bonchev–Trinajstić information content (AvgIpc) is 2.75. The van der Waals surface area contributed by atoms with Crippen LogP contribution in [0.1, 0.15) is 0 Å². The molecule has 0 atom stereocenters. The molecule has 7 heteroatoms. The Bertz CT molecular complexity index is 739. The van der Waals surface area contributed by atoms with E-state index >= 15 is 0 Å². The summed E-state index contributed by atoms with van der Waals surface area (Å²) in [6.07, 6.45) is 5.13. The maximum atomic E-state index is 6.10. The van der Waals surface area contributed by atoms with Crippen LogP contribution in [0.4, 0.5) is 5.95 Å². The zero-order valence-corrected chi connectivity index (χ0v) is 11.4. The van der Waals surface area contributed by atoms with Crippen LogP contribution in [0.15, 0.2) is 35.3 Å². The third kappa shape index (κ3) is 1.83. The van der Waals surface area contributed by atoms with Crippen molar-refractivity contribution in [1.82, 2.24) is 19.5 Å². The largest absolute Gasteiger partial charge is 0.368 e. The maximum Gasteiger partial charge on any atom is 0.222 e. The minimum Gasteiger partial charge on any atom is -0.368 e. The van der Waals surface area contributed by atoms with E-state index in [1.165, 1.54) is 6.20 Å². The fourth-order valence-corrected chi connectivity index (χ4v) is 2.23. The first-order chi connectivity index (χ1) is 8.65. The molecule has 0 unspecified atom stereocenters. The van der Waals surface area contributed by atoms with Gasteiger partial charge >= 0.3 is 0 Å². The Morgan fingerprint density at radius 1 is 1.28 bits per heavy atom. The van der Waals surface area contributed by atoms with E-state index in [2.05, 4.69) is 30.9 Å². The van der Waals surface area contributed by atoms with Gasteiger partial charge in [-0.1, -0.05) is 11.6 Å². The van der Waals surface area contributed by atoms with E-state index in [0.717, 1.165) is 15.5 Å². The lowest BCUT2D eigenvalue weighted by molar-refractivity contribution is 1.02. The highest BCUT2D eigenvalue weighted by Crippen LogP contribution is 2.25. The van der Waals surface area contributed by atoms with Crippen molar-refractivity contribution in [3.05, 3.63) is 40.3 Å².